The summed E-state index contributed by atoms with van der Waals surface area (Å²) in [5, 5.41) is 9.91. The molecule has 0 amide bonds. The van der Waals surface area contributed by atoms with Crippen LogP contribution in [0.15, 0.2) is 41.6 Å². The Hall–Kier alpha value is -2.29. The van der Waals surface area contributed by atoms with Gasteiger partial charge < -0.3 is 20.1 Å². The highest BCUT2D eigenvalue weighted by atomic mass is 35.5. The molecule has 0 bridgehead atoms. The minimum absolute atomic E-state index is 0.421. The van der Waals surface area contributed by atoms with E-state index in [4.69, 9.17) is 43.3 Å². The first kappa shape index (κ1) is 20.4. The van der Waals surface area contributed by atoms with Crippen LogP contribution in [0.1, 0.15) is 0 Å². The zero-order chi connectivity index (χ0) is 20.1. The molecule has 0 unspecified atom stereocenters. The average molecular weight is 441 g/mol. The van der Waals surface area contributed by atoms with Crippen LogP contribution in [0.3, 0.4) is 0 Å². The molecule has 0 spiro atoms. The maximum Gasteiger partial charge on any atom is 0.210 e. The topological polar surface area (TPSA) is 84.4 Å². The van der Waals surface area contributed by atoms with Crippen molar-refractivity contribution in [2.75, 3.05) is 32.4 Å². The Bertz CT molecular complexity index is 968. The van der Waals surface area contributed by atoms with Gasteiger partial charge >= 0.3 is 0 Å². The van der Waals surface area contributed by atoms with E-state index in [1.807, 2.05) is 6.07 Å². The molecule has 1 heterocycles. The predicted octanol–water partition coefficient (Wildman–Crippen LogP) is 4.15. The van der Waals surface area contributed by atoms with E-state index >= 15 is 0 Å². The number of nitrogens with zero attached hydrogens (tertiary/aromatic N) is 3. The minimum Gasteiger partial charge on any atom is -0.493 e. The summed E-state index contributed by atoms with van der Waals surface area (Å²) in [6.45, 7) is 0.421. The molecule has 0 aliphatic rings. The van der Waals surface area contributed by atoms with Crippen molar-refractivity contribution in [3.8, 4) is 28.6 Å². The molecule has 3 rings (SSSR count). The molecule has 10 heteroatoms. The zero-order valence-corrected chi connectivity index (χ0v) is 17.5. The van der Waals surface area contributed by atoms with Crippen LogP contribution >= 0.6 is 35.0 Å². The van der Waals surface area contributed by atoms with E-state index < -0.39 is 0 Å². The third-order valence-electron chi connectivity index (χ3n) is 3.77. The van der Waals surface area contributed by atoms with Crippen LogP contribution in [-0.2, 0) is 0 Å². The molecule has 3 aromatic rings. The van der Waals surface area contributed by atoms with E-state index in [1.54, 1.807) is 44.6 Å². The van der Waals surface area contributed by atoms with Gasteiger partial charge in [-0.3, -0.25) is 0 Å². The highest BCUT2D eigenvalue weighted by molar-refractivity contribution is 7.99. The van der Waals surface area contributed by atoms with Crippen LogP contribution in [0.4, 0.5) is 0 Å². The molecular formula is C18H18Cl2N4O3S. The zero-order valence-electron chi connectivity index (χ0n) is 15.2. The summed E-state index contributed by atoms with van der Waals surface area (Å²) in [5.41, 5.74) is 0.767. The summed E-state index contributed by atoms with van der Waals surface area (Å²) >= 11 is 13.4. The van der Waals surface area contributed by atoms with E-state index in [9.17, 15) is 0 Å². The number of ether oxygens (including phenoxy) is 3. The maximum absolute atomic E-state index is 6.15. The third-order valence-corrected chi connectivity index (χ3v) is 5.21. The standard InChI is InChI=1S/C18H18Cl2N4O3S/c1-25-15-5-3-11(9-16(15)26-2)17-22-23-18(24(17)21)28-8-7-27-14-6-4-12(19)10-13(14)20/h3-6,9-10H,7-8,21H2,1-2H3. The van der Waals surface area contributed by atoms with Gasteiger partial charge in [0.05, 0.1) is 25.8 Å². The Balaban J connectivity index is 1.63. The molecule has 2 N–H and O–H groups in total. The number of aromatic nitrogens is 3. The molecule has 7 nitrogen and oxygen atoms in total. The van der Waals surface area contributed by atoms with E-state index in [1.165, 1.54) is 16.4 Å². The number of nitrogen functional groups attached to an aromatic ring is 1. The van der Waals surface area contributed by atoms with Crippen molar-refractivity contribution < 1.29 is 14.2 Å². The van der Waals surface area contributed by atoms with E-state index in [-0.39, 0.29) is 0 Å². The molecule has 1 aromatic heterocycles. The van der Waals surface area contributed by atoms with Crippen LogP contribution in [0.25, 0.3) is 11.4 Å². The SMILES string of the molecule is COc1ccc(-c2nnc(SCCOc3ccc(Cl)cc3Cl)n2N)cc1OC. The van der Waals surface area contributed by atoms with Gasteiger partial charge in [-0.15, -0.1) is 10.2 Å². The fourth-order valence-electron chi connectivity index (χ4n) is 2.42. The van der Waals surface area contributed by atoms with Gasteiger partial charge in [-0.1, -0.05) is 35.0 Å². The second-order valence-corrected chi connectivity index (χ2v) is 7.42. The fraction of sp³-hybridized carbons (Fsp3) is 0.222. The first-order valence-corrected chi connectivity index (χ1v) is 9.91. The number of halogens is 2. The molecule has 0 atom stereocenters. The minimum atomic E-state index is 0.421. The largest absolute Gasteiger partial charge is 0.493 e. The van der Waals surface area contributed by atoms with Crippen molar-refractivity contribution >= 4 is 35.0 Å². The van der Waals surface area contributed by atoms with Crippen molar-refractivity contribution in [3.05, 3.63) is 46.4 Å². The monoisotopic (exact) mass is 440 g/mol. The Kier molecular flexibility index (Phi) is 6.77. The molecule has 0 saturated carbocycles. The predicted molar refractivity (Wildman–Crippen MR) is 111 cm³/mol. The summed E-state index contributed by atoms with van der Waals surface area (Å²) < 4.78 is 17.7. The Morgan fingerprint density at radius 2 is 1.75 bits per heavy atom. The highest BCUT2D eigenvalue weighted by Crippen LogP contribution is 2.32. The molecule has 2 aromatic carbocycles. The number of hydrogen-bond donors (Lipinski definition) is 1. The normalized spacial score (nSPS) is 10.7. The van der Waals surface area contributed by atoms with Crippen molar-refractivity contribution in [3.63, 3.8) is 0 Å². The quantitative estimate of drug-likeness (QED) is 0.319. The van der Waals surface area contributed by atoms with Gasteiger partial charge in [0.25, 0.3) is 0 Å². The summed E-state index contributed by atoms with van der Waals surface area (Å²) in [4.78, 5) is 0. The van der Waals surface area contributed by atoms with Gasteiger partial charge in [0.15, 0.2) is 17.3 Å². The lowest BCUT2D eigenvalue weighted by molar-refractivity contribution is 0.344. The van der Waals surface area contributed by atoms with Crippen LogP contribution in [0, 0.1) is 0 Å². The second-order valence-electron chi connectivity index (χ2n) is 5.52. The van der Waals surface area contributed by atoms with Crippen molar-refractivity contribution in [2.24, 2.45) is 0 Å². The van der Waals surface area contributed by atoms with E-state index in [2.05, 4.69) is 10.2 Å². The molecule has 28 heavy (non-hydrogen) atoms. The summed E-state index contributed by atoms with van der Waals surface area (Å²) in [6.07, 6.45) is 0. The molecule has 0 fully saturated rings. The number of nitrogens with two attached hydrogens (primary N) is 1. The molecule has 0 aliphatic carbocycles. The van der Waals surface area contributed by atoms with Crippen molar-refractivity contribution in [1.29, 1.82) is 0 Å². The highest BCUT2D eigenvalue weighted by Gasteiger charge is 2.15. The van der Waals surface area contributed by atoms with E-state index in [0.29, 0.717) is 50.6 Å². The summed E-state index contributed by atoms with van der Waals surface area (Å²) in [7, 11) is 3.15. The summed E-state index contributed by atoms with van der Waals surface area (Å²) in [5.74, 6) is 9.07. The van der Waals surface area contributed by atoms with Gasteiger partial charge in [0.2, 0.25) is 5.16 Å². The average Bonchev–Trinajstić information content (AvgIpc) is 3.06. The van der Waals surface area contributed by atoms with Gasteiger partial charge in [-0.2, -0.15) is 0 Å². The lowest BCUT2D eigenvalue weighted by atomic mass is 10.2. The number of hydrogen-bond acceptors (Lipinski definition) is 7. The second kappa shape index (κ2) is 9.27. The van der Waals surface area contributed by atoms with Gasteiger partial charge in [-0.05, 0) is 36.4 Å². The Morgan fingerprint density at radius 3 is 2.46 bits per heavy atom. The van der Waals surface area contributed by atoms with Crippen molar-refractivity contribution in [1.82, 2.24) is 14.9 Å². The summed E-state index contributed by atoms with van der Waals surface area (Å²) in [6, 6.07) is 10.5. The molecule has 148 valence electrons. The fourth-order valence-corrected chi connectivity index (χ4v) is 3.56. The van der Waals surface area contributed by atoms with Crippen LogP contribution in [-0.4, -0.2) is 41.5 Å². The molecule has 0 radical (unpaired) electrons. The Morgan fingerprint density at radius 1 is 1.00 bits per heavy atom. The third kappa shape index (κ3) is 4.57. The lowest BCUT2D eigenvalue weighted by Crippen LogP contribution is -2.12. The number of benzene rings is 2. The van der Waals surface area contributed by atoms with Crippen LogP contribution < -0.4 is 20.1 Å². The van der Waals surface area contributed by atoms with E-state index in [0.717, 1.165) is 5.56 Å². The van der Waals surface area contributed by atoms with Gasteiger partial charge in [0.1, 0.15) is 5.75 Å². The first-order chi connectivity index (χ1) is 13.5. The van der Waals surface area contributed by atoms with Gasteiger partial charge in [0, 0.05) is 16.3 Å². The number of methoxy groups -OCH3 is 2. The van der Waals surface area contributed by atoms with Crippen molar-refractivity contribution in [2.45, 2.75) is 5.16 Å². The lowest BCUT2D eigenvalue weighted by Gasteiger charge is -2.09. The smallest absolute Gasteiger partial charge is 0.210 e. The van der Waals surface area contributed by atoms with Crippen LogP contribution in [0.5, 0.6) is 17.2 Å². The molecule has 0 aliphatic heterocycles. The number of rotatable bonds is 8. The number of thioether (sulfide) groups is 1. The maximum atomic E-state index is 6.15. The molecule has 0 saturated heterocycles. The van der Waals surface area contributed by atoms with Crippen LogP contribution in [0.2, 0.25) is 10.0 Å². The van der Waals surface area contributed by atoms with Gasteiger partial charge in [-0.25, -0.2) is 4.68 Å². The first-order valence-electron chi connectivity index (χ1n) is 8.17. The Labute approximate surface area is 176 Å². The molecular weight excluding hydrogens is 423 g/mol.